The molecule has 1 amide bonds. The minimum absolute atomic E-state index is 0.0232. The molecule has 1 atom stereocenters. The molecule has 2 aliphatic heterocycles. The van der Waals surface area contributed by atoms with Crippen molar-refractivity contribution in [3.05, 3.63) is 119 Å². The Morgan fingerprint density at radius 1 is 0.868 bits per heavy atom. The average Bonchev–Trinajstić information content (AvgIpc) is 3.30. The molecular weight excluding hydrogens is 959 g/mol. The van der Waals surface area contributed by atoms with Crippen molar-refractivity contribution in [2.45, 2.75) is 78.6 Å². The molecule has 19 heteroatoms. The molecular formula is C49H57ClF3N5O7S3. The van der Waals surface area contributed by atoms with Crippen LogP contribution in [-0.4, -0.2) is 113 Å². The van der Waals surface area contributed by atoms with Gasteiger partial charge in [-0.2, -0.15) is 13.2 Å². The lowest BCUT2D eigenvalue weighted by Gasteiger charge is -2.39. The van der Waals surface area contributed by atoms with Crippen LogP contribution >= 0.6 is 23.4 Å². The van der Waals surface area contributed by atoms with Crippen LogP contribution in [0.1, 0.15) is 68.3 Å². The van der Waals surface area contributed by atoms with Gasteiger partial charge in [-0.3, -0.25) is 14.5 Å². The van der Waals surface area contributed by atoms with Gasteiger partial charge in [-0.15, -0.1) is 11.8 Å². The Bertz CT molecular complexity index is 2670. The van der Waals surface area contributed by atoms with Crippen molar-refractivity contribution in [1.29, 1.82) is 0 Å². The first-order chi connectivity index (χ1) is 32.2. The minimum atomic E-state index is -6.11. The quantitative estimate of drug-likeness (QED) is 0.0864. The van der Waals surface area contributed by atoms with E-state index in [-0.39, 0.29) is 11.0 Å². The van der Waals surface area contributed by atoms with Crippen LogP contribution in [-0.2, 0) is 24.7 Å². The summed E-state index contributed by atoms with van der Waals surface area (Å²) < 4.78 is 98.0. The van der Waals surface area contributed by atoms with Crippen LogP contribution in [0.25, 0.3) is 5.57 Å². The smallest absolute Gasteiger partial charge is 0.481 e. The third-order valence-electron chi connectivity index (χ3n) is 13.0. The number of nitrogens with one attached hydrogen (secondary N) is 2. The Kier molecular flexibility index (Phi) is 16.3. The number of likely N-dealkylation sites (tertiary alicyclic amines) is 1. The summed E-state index contributed by atoms with van der Waals surface area (Å²) in [6.07, 6.45) is 4.36. The number of anilines is 2. The van der Waals surface area contributed by atoms with Crippen LogP contribution < -0.4 is 14.9 Å². The maximum Gasteiger partial charge on any atom is 0.501 e. The monoisotopic (exact) mass is 1020 g/mol. The number of sulfone groups is 1. The Morgan fingerprint density at radius 2 is 1.53 bits per heavy atom. The van der Waals surface area contributed by atoms with Crippen molar-refractivity contribution in [3.8, 4) is 0 Å². The number of carbonyl (C=O) groups excluding carboxylic acids is 1. The second kappa shape index (κ2) is 21.6. The van der Waals surface area contributed by atoms with E-state index in [1.165, 1.54) is 40.6 Å². The molecule has 0 saturated carbocycles. The molecule has 366 valence electrons. The van der Waals surface area contributed by atoms with Gasteiger partial charge in [-0.25, -0.2) is 21.6 Å². The summed E-state index contributed by atoms with van der Waals surface area (Å²) in [6.45, 7) is 10.0. The third-order valence-corrected chi connectivity index (χ3v) is 17.3. The first-order valence-corrected chi connectivity index (χ1v) is 27.0. The lowest BCUT2D eigenvalue weighted by molar-refractivity contribution is -0.143. The molecule has 3 aliphatic rings. The second-order valence-corrected chi connectivity index (χ2v) is 23.6. The molecule has 2 saturated heterocycles. The summed E-state index contributed by atoms with van der Waals surface area (Å²) in [5.74, 6) is -2.06. The zero-order valence-electron chi connectivity index (χ0n) is 38.0. The molecule has 7 rings (SSSR count). The van der Waals surface area contributed by atoms with Crippen molar-refractivity contribution in [2.24, 2.45) is 11.3 Å². The van der Waals surface area contributed by atoms with E-state index in [0.717, 1.165) is 74.7 Å². The molecule has 4 aromatic carbocycles. The van der Waals surface area contributed by atoms with Gasteiger partial charge >= 0.3 is 11.5 Å². The topological polar surface area (TPSA) is 156 Å². The normalized spacial score (nSPS) is 18.3. The van der Waals surface area contributed by atoms with Crippen molar-refractivity contribution in [2.75, 3.05) is 68.3 Å². The van der Waals surface area contributed by atoms with Gasteiger partial charge < -0.3 is 20.2 Å². The number of thioether (sulfide) groups is 1. The van der Waals surface area contributed by atoms with E-state index in [9.17, 15) is 44.7 Å². The number of halogens is 4. The molecule has 0 bridgehead atoms. The van der Waals surface area contributed by atoms with Crippen LogP contribution in [0, 0.1) is 11.3 Å². The van der Waals surface area contributed by atoms with Crippen molar-refractivity contribution >= 4 is 72.0 Å². The summed E-state index contributed by atoms with van der Waals surface area (Å²) in [6, 6.07) is 25.4. The van der Waals surface area contributed by atoms with Crippen LogP contribution in [0.4, 0.5) is 24.5 Å². The van der Waals surface area contributed by atoms with E-state index in [2.05, 4.69) is 46.0 Å². The van der Waals surface area contributed by atoms with E-state index in [0.29, 0.717) is 55.7 Å². The molecule has 68 heavy (non-hydrogen) atoms. The highest BCUT2D eigenvalue weighted by molar-refractivity contribution is 7.99. The highest BCUT2D eigenvalue weighted by Crippen LogP contribution is 2.43. The van der Waals surface area contributed by atoms with Crippen LogP contribution in [0.5, 0.6) is 0 Å². The Hall–Kier alpha value is -4.59. The highest BCUT2D eigenvalue weighted by Gasteiger charge is 2.48. The fourth-order valence-corrected chi connectivity index (χ4v) is 12.2. The number of nitrogens with zero attached hydrogens (tertiary/aromatic N) is 3. The molecule has 12 nitrogen and oxygen atoms in total. The predicted molar refractivity (Wildman–Crippen MR) is 261 cm³/mol. The standard InChI is InChI=1S/C49H57ClF3N5O7S3/c1-48(2)22-18-43(34-8-12-38(50)13-9-34)37(31-48)32-57-26-28-58(29-27-57)40-14-10-35(11-15-40)46(59)55-68(64,65)42-16-17-44(45(30-42)67(62,63)49(51,52)53)54-39(33-66-41-6-4-3-5-7-41)21-25-56-23-19-36(20-24-56)47(60)61/h3-17,30,36,39,54H,18-29,31-33H2,1-2H3,(H,55,59)(H,60,61)/t39-/m1/s1. The number of amides is 1. The van der Waals surface area contributed by atoms with Crippen LogP contribution in [0.2, 0.25) is 5.02 Å². The fraction of sp³-hybridized carbons (Fsp3) is 0.429. The van der Waals surface area contributed by atoms with Gasteiger partial charge in [0.25, 0.3) is 25.8 Å². The van der Waals surface area contributed by atoms with Crippen LogP contribution in [0.15, 0.2) is 117 Å². The van der Waals surface area contributed by atoms with Gasteiger partial charge in [0.15, 0.2) is 0 Å². The number of aliphatic carboxylic acids is 1. The first kappa shape index (κ1) is 51.3. The van der Waals surface area contributed by atoms with Crippen molar-refractivity contribution in [3.63, 3.8) is 0 Å². The number of hydrogen-bond acceptors (Lipinski definition) is 11. The van der Waals surface area contributed by atoms with E-state index in [1.54, 1.807) is 12.1 Å². The summed E-state index contributed by atoms with van der Waals surface area (Å²) >= 11 is 7.59. The molecule has 0 radical (unpaired) electrons. The Balaban J connectivity index is 1.02. The molecule has 2 heterocycles. The maximum absolute atomic E-state index is 14.2. The Morgan fingerprint density at radius 3 is 2.16 bits per heavy atom. The van der Waals surface area contributed by atoms with E-state index < -0.39 is 64.7 Å². The lowest BCUT2D eigenvalue weighted by Crippen LogP contribution is -2.47. The minimum Gasteiger partial charge on any atom is -0.481 e. The predicted octanol–water partition coefficient (Wildman–Crippen LogP) is 9.30. The number of piperidine rings is 1. The summed E-state index contributed by atoms with van der Waals surface area (Å²) in [5.41, 5.74) is -1.18. The Labute approximate surface area is 406 Å². The van der Waals surface area contributed by atoms with Crippen molar-refractivity contribution < 1.29 is 44.7 Å². The number of sulfonamides is 1. The first-order valence-electron chi connectivity index (χ1n) is 22.6. The van der Waals surface area contributed by atoms with Gasteiger partial charge in [-0.05, 0) is 135 Å². The second-order valence-electron chi connectivity index (χ2n) is 18.5. The largest absolute Gasteiger partial charge is 0.501 e. The van der Waals surface area contributed by atoms with Gasteiger partial charge in [0.2, 0.25) is 0 Å². The number of hydrogen-bond donors (Lipinski definition) is 3. The van der Waals surface area contributed by atoms with E-state index >= 15 is 0 Å². The number of alkyl halides is 3. The number of piperazine rings is 1. The molecule has 0 spiro atoms. The molecule has 2 fully saturated rings. The van der Waals surface area contributed by atoms with E-state index in [4.69, 9.17) is 11.6 Å². The van der Waals surface area contributed by atoms with E-state index in [1.807, 2.05) is 47.2 Å². The zero-order chi connectivity index (χ0) is 48.9. The van der Waals surface area contributed by atoms with Crippen molar-refractivity contribution in [1.82, 2.24) is 14.5 Å². The van der Waals surface area contributed by atoms with Crippen LogP contribution in [0.3, 0.4) is 0 Å². The van der Waals surface area contributed by atoms with Gasteiger partial charge in [0.05, 0.1) is 16.5 Å². The molecule has 1 aliphatic carbocycles. The number of carboxylic acids is 1. The molecule has 4 aromatic rings. The SMILES string of the molecule is CC1(C)CCC(c2ccc(Cl)cc2)=C(CN2CCN(c3ccc(C(=O)NS(=O)(=O)c4ccc(N[C@H](CCN5CCC(C(=O)O)CC5)CSc5ccccc5)c(S(=O)(=O)C(F)(F)F)c4)cc3)CC2)C1. The molecule has 0 aromatic heterocycles. The molecule has 3 N–H and O–H groups in total. The summed E-state index contributed by atoms with van der Waals surface area (Å²) in [7, 11) is -11.0. The van der Waals surface area contributed by atoms with Gasteiger partial charge in [0.1, 0.15) is 4.90 Å². The summed E-state index contributed by atoms with van der Waals surface area (Å²) in [4.78, 5) is 30.2. The maximum atomic E-state index is 14.2. The number of rotatable bonds is 17. The number of carboxylic acid groups (broad SMARTS) is 1. The summed E-state index contributed by atoms with van der Waals surface area (Å²) in [5, 5.41) is 13.1. The number of allylic oxidation sites excluding steroid dienone is 1. The number of carbonyl (C=O) groups is 2. The lowest BCUT2D eigenvalue weighted by atomic mass is 9.73. The zero-order valence-corrected chi connectivity index (χ0v) is 41.2. The average molecular weight is 1020 g/mol. The molecule has 0 unspecified atom stereocenters. The number of benzene rings is 4. The van der Waals surface area contributed by atoms with Gasteiger partial charge in [0, 0.05) is 72.2 Å². The highest BCUT2D eigenvalue weighted by atomic mass is 35.5. The third kappa shape index (κ3) is 13.0. The van der Waals surface area contributed by atoms with Gasteiger partial charge in [-0.1, -0.05) is 61.4 Å². The fourth-order valence-electron chi connectivity index (χ4n) is 9.07.